The Bertz CT molecular complexity index is 976. The number of ether oxygens (including phenoxy) is 1. The highest BCUT2D eigenvalue weighted by atomic mass is 16.6. The van der Waals surface area contributed by atoms with Crippen molar-refractivity contribution in [1.29, 1.82) is 0 Å². The van der Waals surface area contributed by atoms with Crippen LogP contribution < -0.4 is 0 Å². The number of fused-ring (bicyclic) bond motifs is 6. The number of aryl methyl sites for hydroxylation is 2. The molecule has 0 spiro atoms. The second-order valence-corrected chi connectivity index (χ2v) is 6.74. The molecule has 3 heteroatoms. The van der Waals surface area contributed by atoms with Gasteiger partial charge in [-0.3, -0.25) is 0 Å². The number of epoxide rings is 1. The van der Waals surface area contributed by atoms with Crippen LogP contribution in [-0.4, -0.2) is 22.4 Å². The predicted molar refractivity (Wildman–Crippen MR) is 89.5 cm³/mol. The summed E-state index contributed by atoms with van der Waals surface area (Å²) in [4.78, 5) is 0. The highest BCUT2D eigenvalue weighted by Gasteiger charge is 2.54. The molecular formula is C20H18O3. The topological polar surface area (TPSA) is 53.0 Å². The van der Waals surface area contributed by atoms with Crippen LogP contribution in [0.5, 0.6) is 0 Å². The molecule has 1 aliphatic heterocycles. The smallest absolute Gasteiger partial charge is 0.118 e. The van der Waals surface area contributed by atoms with Crippen LogP contribution in [0.4, 0.5) is 0 Å². The van der Waals surface area contributed by atoms with Crippen LogP contribution in [0.3, 0.4) is 0 Å². The minimum Gasteiger partial charge on any atom is -0.387 e. The zero-order valence-corrected chi connectivity index (χ0v) is 13.1. The molecule has 0 amide bonds. The molecule has 2 N–H and O–H groups in total. The third-order valence-corrected chi connectivity index (χ3v) is 5.58. The zero-order valence-electron chi connectivity index (χ0n) is 13.1. The lowest BCUT2D eigenvalue weighted by Crippen LogP contribution is -2.29. The summed E-state index contributed by atoms with van der Waals surface area (Å²) in [5.74, 6) is 0. The van der Waals surface area contributed by atoms with Crippen LogP contribution in [0, 0.1) is 13.8 Å². The molecule has 0 bridgehead atoms. The molecule has 1 aliphatic carbocycles. The molecule has 3 aromatic carbocycles. The Morgan fingerprint density at radius 3 is 2.30 bits per heavy atom. The van der Waals surface area contributed by atoms with Gasteiger partial charge in [0.15, 0.2) is 0 Å². The van der Waals surface area contributed by atoms with Gasteiger partial charge in [-0.15, -0.1) is 0 Å². The van der Waals surface area contributed by atoms with E-state index < -0.39 is 12.2 Å². The quantitative estimate of drug-likeness (QED) is 0.494. The van der Waals surface area contributed by atoms with Crippen molar-refractivity contribution in [2.45, 2.75) is 38.3 Å². The number of hydrogen-bond donors (Lipinski definition) is 2. The first-order chi connectivity index (χ1) is 11.1. The van der Waals surface area contributed by atoms with Crippen molar-refractivity contribution in [3.05, 3.63) is 58.7 Å². The van der Waals surface area contributed by atoms with Crippen molar-refractivity contribution >= 4 is 21.5 Å². The molecule has 3 nitrogen and oxygen atoms in total. The molecule has 1 fully saturated rings. The van der Waals surface area contributed by atoms with Crippen LogP contribution in [0.25, 0.3) is 21.5 Å². The third-order valence-electron chi connectivity index (χ3n) is 5.58. The zero-order chi connectivity index (χ0) is 15.9. The van der Waals surface area contributed by atoms with Crippen LogP contribution in [0.2, 0.25) is 0 Å². The van der Waals surface area contributed by atoms with Crippen molar-refractivity contribution in [1.82, 2.24) is 0 Å². The van der Waals surface area contributed by atoms with Gasteiger partial charge >= 0.3 is 0 Å². The second-order valence-electron chi connectivity index (χ2n) is 6.74. The first-order valence-electron chi connectivity index (χ1n) is 8.05. The van der Waals surface area contributed by atoms with Gasteiger partial charge in [-0.2, -0.15) is 0 Å². The molecule has 0 aromatic heterocycles. The standard InChI is InChI=1S/C20H18O3/c1-9-11-5-3-4-6-12(11)10(2)15-13(9)7-8-14-16(15)19-20(23-19)18(22)17(14)21/h3-8,17-22H,1-2H3/t17-,18?,19-,20+/m1/s1. The van der Waals surface area contributed by atoms with E-state index in [1.165, 1.54) is 32.7 Å². The lowest BCUT2D eigenvalue weighted by Gasteiger charge is -2.26. The Kier molecular flexibility index (Phi) is 2.54. The van der Waals surface area contributed by atoms with Crippen molar-refractivity contribution in [2.75, 3.05) is 0 Å². The maximum atomic E-state index is 10.4. The Morgan fingerprint density at radius 2 is 1.57 bits per heavy atom. The predicted octanol–water partition coefficient (Wildman–Crippen LogP) is 3.46. The van der Waals surface area contributed by atoms with E-state index in [0.29, 0.717) is 0 Å². The molecular weight excluding hydrogens is 288 g/mol. The monoisotopic (exact) mass is 306 g/mol. The molecule has 5 rings (SSSR count). The fraction of sp³-hybridized carbons (Fsp3) is 0.300. The number of rotatable bonds is 0. The van der Waals surface area contributed by atoms with E-state index in [-0.39, 0.29) is 12.2 Å². The van der Waals surface area contributed by atoms with Gasteiger partial charge in [0.05, 0.1) is 0 Å². The largest absolute Gasteiger partial charge is 0.387 e. The van der Waals surface area contributed by atoms with Gasteiger partial charge in [-0.25, -0.2) is 0 Å². The van der Waals surface area contributed by atoms with Crippen LogP contribution in [-0.2, 0) is 4.74 Å². The average Bonchev–Trinajstić information content (AvgIpc) is 3.37. The van der Waals surface area contributed by atoms with E-state index in [0.717, 1.165) is 11.1 Å². The molecule has 3 aromatic rings. The van der Waals surface area contributed by atoms with E-state index in [1.54, 1.807) is 0 Å². The summed E-state index contributed by atoms with van der Waals surface area (Å²) in [6, 6.07) is 12.5. The molecule has 1 heterocycles. The third kappa shape index (κ3) is 1.59. The van der Waals surface area contributed by atoms with Crippen LogP contribution in [0.15, 0.2) is 36.4 Å². The van der Waals surface area contributed by atoms with Gasteiger partial charge in [0.25, 0.3) is 0 Å². The summed E-state index contributed by atoms with van der Waals surface area (Å²) in [7, 11) is 0. The summed E-state index contributed by atoms with van der Waals surface area (Å²) >= 11 is 0. The van der Waals surface area contributed by atoms with Gasteiger partial charge in [0.1, 0.15) is 24.4 Å². The number of aliphatic hydroxyl groups is 2. The van der Waals surface area contributed by atoms with Gasteiger partial charge in [-0.1, -0.05) is 36.4 Å². The first kappa shape index (κ1) is 13.5. The Labute approximate surface area is 134 Å². The summed E-state index contributed by atoms with van der Waals surface area (Å²) < 4.78 is 5.69. The molecule has 4 atom stereocenters. The number of hydrogen-bond acceptors (Lipinski definition) is 3. The van der Waals surface area contributed by atoms with Crippen LogP contribution in [0.1, 0.15) is 34.5 Å². The average molecular weight is 306 g/mol. The minimum absolute atomic E-state index is 0.0913. The maximum Gasteiger partial charge on any atom is 0.118 e. The van der Waals surface area contributed by atoms with Gasteiger partial charge in [0.2, 0.25) is 0 Å². The van der Waals surface area contributed by atoms with Crippen molar-refractivity contribution in [3.63, 3.8) is 0 Å². The first-order valence-corrected chi connectivity index (χ1v) is 8.05. The molecule has 0 saturated carbocycles. The lowest BCUT2D eigenvalue weighted by molar-refractivity contribution is 0.000104. The SMILES string of the molecule is Cc1c2ccccc2c(C)c2c3c(ccc12)[C@@H](O)C(O)[C@@H]1O[C@H]31. The Morgan fingerprint density at radius 1 is 0.870 bits per heavy atom. The fourth-order valence-electron chi connectivity index (χ4n) is 4.31. The lowest BCUT2D eigenvalue weighted by atomic mass is 9.81. The summed E-state index contributed by atoms with van der Waals surface area (Å²) in [6.07, 6.45) is -2.06. The van der Waals surface area contributed by atoms with E-state index in [4.69, 9.17) is 4.74 Å². The molecule has 1 saturated heterocycles. The minimum atomic E-state index is -0.871. The molecule has 2 aliphatic rings. The second kappa shape index (κ2) is 4.32. The summed E-state index contributed by atoms with van der Waals surface area (Å²) in [5.41, 5.74) is 4.34. The van der Waals surface area contributed by atoms with Crippen molar-refractivity contribution in [2.24, 2.45) is 0 Å². The highest BCUT2D eigenvalue weighted by molar-refractivity contribution is 6.07. The van der Waals surface area contributed by atoms with E-state index in [2.05, 4.69) is 44.2 Å². The van der Waals surface area contributed by atoms with E-state index >= 15 is 0 Å². The van der Waals surface area contributed by atoms with Gasteiger partial charge in [0, 0.05) is 0 Å². The molecule has 1 unspecified atom stereocenters. The number of aliphatic hydroxyl groups excluding tert-OH is 2. The van der Waals surface area contributed by atoms with Crippen molar-refractivity contribution in [3.8, 4) is 0 Å². The Balaban J connectivity index is 1.97. The van der Waals surface area contributed by atoms with E-state index in [1.807, 2.05) is 6.07 Å². The van der Waals surface area contributed by atoms with Gasteiger partial charge in [-0.05, 0) is 57.6 Å². The molecule has 23 heavy (non-hydrogen) atoms. The molecule has 116 valence electrons. The van der Waals surface area contributed by atoms with E-state index in [9.17, 15) is 10.2 Å². The summed E-state index contributed by atoms with van der Waals surface area (Å²) in [6.45, 7) is 4.29. The normalized spacial score (nSPS) is 28.7. The Hall–Kier alpha value is -1.94. The number of benzene rings is 3. The van der Waals surface area contributed by atoms with Crippen LogP contribution >= 0.6 is 0 Å². The molecule has 0 radical (unpaired) electrons. The summed E-state index contributed by atoms with van der Waals surface area (Å²) in [5, 5.41) is 25.4. The maximum absolute atomic E-state index is 10.4. The van der Waals surface area contributed by atoms with Gasteiger partial charge < -0.3 is 14.9 Å². The van der Waals surface area contributed by atoms with Crippen molar-refractivity contribution < 1.29 is 14.9 Å². The highest BCUT2D eigenvalue weighted by Crippen LogP contribution is 2.54. The fourth-order valence-corrected chi connectivity index (χ4v) is 4.31.